The van der Waals surface area contributed by atoms with Crippen LogP contribution in [0.15, 0.2) is 54.8 Å². The molecule has 0 unspecified atom stereocenters. The molecule has 0 bridgehead atoms. The summed E-state index contributed by atoms with van der Waals surface area (Å²) in [7, 11) is 0. The van der Waals surface area contributed by atoms with Crippen molar-refractivity contribution >= 4 is 27.7 Å². The van der Waals surface area contributed by atoms with Crippen LogP contribution in [0.4, 0.5) is 0 Å². The second kappa shape index (κ2) is 10.6. The SMILES string of the molecule is CCOc1cc(OCC)c2cc(C(=O)c3cc4c(OCC)cc(OCC)cc4oc3=O)c(=O)oc2c1. The van der Waals surface area contributed by atoms with E-state index in [4.69, 9.17) is 27.8 Å². The van der Waals surface area contributed by atoms with E-state index in [1.54, 1.807) is 38.1 Å². The maximum Gasteiger partial charge on any atom is 0.347 e. The fourth-order valence-electron chi connectivity index (χ4n) is 3.84. The zero-order valence-electron chi connectivity index (χ0n) is 20.5. The Hall–Kier alpha value is -4.27. The highest BCUT2D eigenvalue weighted by Crippen LogP contribution is 2.33. The van der Waals surface area contributed by atoms with Gasteiger partial charge in [-0.1, -0.05) is 0 Å². The Morgan fingerprint density at radius 2 is 1.00 bits per heavy atom. The molecule has 0 aliphatic heterocycles. The number of benzene rings is 2. The highest BCUT2D eigenvalue weighted by Gasteiger charge is 2.23. The van der Waals surface area contributed by atoms with Gasteiger partial charge in [0, 0.05) is 24.3 Å². The number of rotatable bonds is 10. The lowest BCUT2D eigenvalue weighted by atomic mass is 10.0. The Balaban J connectivity index is 1.88. The van der Waals surface area contributed by atoms with Crippen LogP contribution in [0.25, 0.3) is 21.9 Å². The average molecular weight is 494 g/mol. The zero-order valence-corrected chi connectivity index (χ0v) is 20.5. The van der Waals surface area contributed by atoms with Crippen molar-refractivity contribution in [2.75, 3.05) is 26.4 Å². The topological polar surface area (TPSA) is 114 Å². The molecule has 9 heteroatoms. The van der Waals surface area contributed by atoms with Gasteiger partial charge in [0.15, 0.2) is 0 Å². The summed E-state index contributed by atoms with van der Waals surface area (Å²) in [6, 6.07) is 9.11. The molecule has 0 saturated heterocycles. The summed E-state index contributed by atoms with van der Waals surface area (Å²) in [5.74, 6) is 0.836. The van der Waals surface area contributed by atoms with Gasteiger partial charge in [-0.2, -0.15) is 0 Å². The Morgan fingerprint density at radius 3 is 1.36 bits per heavy atom. The standard InChI is InChI=1S/C27H26O9/c1-5-31-15-9-21(33-7-3)17-13-19(26(29)35-23(17)11-15)25(28)20-14-18-22(34-8-4)10-16(32-6-2)12-24(18)36-27(20)30/h9-14H,5-8H2,1-4H3. The van der Waals surface area contributed by atoms with Crippen LogP contribution < -0.4 is 30.2 Å². The monoisotopic (exact) mass is 494 g/mol. The molecule has 188 valence electrons. The van der Waals surface area contributed by atoms with E-state index >= 15 is 0 Å². The molecule has 9 nitrogen and oxygen atoms in total. The average Bonchev–Trinajstić information content (AvgIpc) is 2.83. The normalized spacial score (nSPS) is 11.0. The van der Waals surface area contributed by atoms with Crippen LogP contribution in [0.1, 0.15) is 43.6 Å². The third-order valence-corrected chi connectivity index (χ3v) is 5.29. The van der Waals surface area contributed by atoms with Crippen molar-refractivity contribution < 1.29 is 32.6 Å². The molecule has 2 aromatic carbocycles. The van der Waals surface area contributed by atoms with Crippen LogP contribution >= 0.6 is 0 Å². The van der Waals surface area contributed by atoms with Crippen LogP contribution in [0.5, 0.6) is 23.0 Å². The second-order valence-electron chi connectivity index (χ2n) is 7.62. The van der Waals surface area contributed by atoms with Crippen LogP contribution in [-0.4, -0.2) is 32.2 Å². The minimum Gasteiger partial charge on any atom is -0.494 e. The first kappa shape index (κ1) is 24.8. The molecule has 2 aromatic heterocycles. The highest BCUT2D eigenvalue weighted by atomic mass is 16.5. The molecule has 0 N–H and O–H groups in total. The van der Waals surface area contributed by atoms with E-state index in [1.807, 2.05) is 13.8 Å². The summed E-state index contributed by atoms with van der Waals surface area (Å²) in [6.07, 6.45) is 0. The molecule has 36 heavy (non-hydrogen) atoms. The maximum absolute atomic E-state index is 13.4. The third kappa shape index (κ3) is 4.77. The molecule has 0 aliphatic rings. The Kier molecular flexibility index (Phi) is 7.28. The van der Waals surface area contributed by atoms with E-state index in [9.17, 15) is 14.4 Å². The molecule has 0 aliphatic carbocycles. The maximum atomic E-state index is 13.4. The van der Waals surface area contributed by atoms with E-state index in [2.05, 4.69) is 0 Å². The van der Waals surface area contributed by atoms with E-state index in [0.717, 1.165) is 0 Å². The summed E-state index contributed by atoms with van der Waals surface area (Å²) in [4.78, 5) is 39.0. The lowest BCUT2D eigenvalue weighted by molar-refractivity contribution is 0.103. The molecular formula is C27H26O9. The van der Waals surface area contributed by atoms with Crippen LogP contribution in [0.2, 0.25) is 0 Å². The van der Waals surface area contributed by atoms with E-state index in [0.29, 0.717) is 60.2 Å². The van der Waals surface area contributed by atoms with E-state index in [1.165, 1.54) is 12.1 Å². The summed E-state index contributed by atoms with van der Waals surface area (Å²) in [6.45, 7) is 8.75. The number of hydrogen-bond donors (Lipinski definition) is 0. The van der Waals surface area contributed by atoms with Crippen molar-refractivity contribution in [2.45, 2.75) is 27.7 Å². The quantitative estimate of drug-likeness (QED) is 0.228. The van der Waals surface area contributed by atoms with Gasteiger partial charge in [-0.3, -0.25) is 4.79 Å². The van der Waals surface area contributed by atoms with Crippen molar-refractivity contribution in [3.05, 3.63) is 68.4 Å². The van der Waals surface area contributed by atoms with Gasteiger partial charge in [-0.25, -0.2) is 9.59 Å². The molecule has 2 heterocycles. The zero-order chi connectivity index (χ0) is 25.8. The van der Waals surface area contributed by atoms with Gasteiger partial charge in [0.2, 0.25) is 5.78 Å². The number of carbonyl (C=O) groups is 1. The molecule has 0 radical (unpaired) electrons. The second-order valence-corrected chi connectivity index (χ2v) is 7.62. The predicted octanol–water partition coefficient (Wildman–Crippen LogP) is 4.73. The van der Waals surface area contributed by atoms with Crippen molar-refractivity contribution in [3.63, 3.8) is 0 Å². The van der Waals surface area contributed by atoms with Gasteiger partial charge < -0.3 is 27.8 Å². The van der Waals surface area contributed by atoms with Gasteiger partial charge in [0.05, 0.1) is 37.2 Å². The van der Waals surface area contributed by atoms with Gasteiger partial charge in [0.25, 0.3) is 0 Å². The van der Waals surface area contributed by atoms with Gasteiger partial charge >= 0.3 is 11.3 Å². The first-order valence-corrected chi connectivity index (χ1v) is 11.7. The predicted molar refractivity (Wildman–Crippen MR) is 133 cm³/mol. The van der Waals surface area contributed by atoms with E-state index in [-0.39, 0.29) is 22.3 Å². The summed E-state index contributed by atoms with van der Waals surface area (Å²) in [5.41, 5.74) is -2.08. The van der Waals surface area contributed by atoms with Crippen LogP contribution in [0, 0.1) is 0 Å². The lowest BCUT2D eigenvalue weighted by Gasteiger charge is -2.12. The number of hydrogen-bond acceptors (Lipinski definition) is 9. The highest BCUT2D eigenvalue weighted by molar-refractivity contribution is 6.11. The Labute approximate surface area is 206 Å². The molecule has 0 spiro atoms. The first-order chi connectivity index (χ1) is 17.4. The van der Waals surface area contributed by atoms with Crippen LogP contribution in [0.3, 0.4) is 0 Å². The summed E-state index contributed by atoms with van der Waals surface area (Å²) >= 11 is 0. The molecule has 0 saturated carbocycles. The van der Waals surface area contributed by atoms with Gasteiger partial charge in [-0.15, -0.1) is 0 Å². The minimum absolute atomic E-state index is 0.193. The number of carbonyl (C=O) groups excluding carboxylic acids is 1. The Bertz CT molecular complexity index is 1430. The van der Waals surface area contributed by atoms with Gasteiger partial charge in [-0.05, 0) is 39.8 Å². The van der Waals surface area contributed by atoms with E-state index < -0.39 is 17.0 Å². The van der Waals surface area contributed by atoms with Crippen molar-refractivity contribution in [1.29, 1.82) is 0 Å². The molecule has 4 aromatic rings. The smallest absolute Gasteiger partial charge is 0.347 e. The minimum atomic E-state index is -0.903. The largest absolute Gasteiger partial charge is 0.494 e. The number of ketones is 1. The van der Waals surface area contributed by atoms with Gasteiger partial charge in [0.1, 0.15) is 45.3 Å². The summed E-state index contributed by atoms with van der Waals surface area (Å²) < 4.78 is 33.3. The third-order valence-electron chi connectivity index (χ3n) is 5.29. The van der Waals surface area contributed by atoms with Crippen LogP contribution in [-0.2, 0) is 0 Å². The lowest BCUT2D eigenvalue weighted by Crippen LogP contribution is -2.21. The Morgan fingerprint density at radius 1 is 0.611 bits per heavy atom. The van der Waals surface area contributed by atoms with Crippen molar-refractivity contribution in [2.24, 2.45) is 0 Å². The molecule has 0 fully saturated rings. The number of ether oxygens (including phenoxy) is 4. The fraction of sp³-hybridized carbons (Fsp3) is 0.296. The molecular weight excluding hydrogens is 468 g/mol. The van der Waals surface area contributed by atoms with Crippen molar-refractivity contribution in [1.82, 2.24) is 0 Å². The summed E-state index contributed by atoms with van der Waals surface area (Å²) in [5, 5.41) is 0.787. The molecule has 0 atom stereocenters. The van der Waals surface area contributed by atoms with Crippen molar-refractivity contribution in [3.8, 4) is 23.0 Å². The molecule has 0 amide bonds. The number of fused-ring (bicyclic) bond motifs is 2. The first-order valence-electron chi connectivity index (χ1n) is 11.7. The fourth-order valence-corrected chi connectivity index (χ4v) is 3.84. The molecule has 4 rings (SSSR count).